The molecule has 2 N–H and O–H groups in total. The third-order valence-corrected chi connectivity index (χ3v) is 4.30. The van der Waals surface area contributed by atoms with Gasteiger partial charge in [-0.1, -0.05) is 56.7 Å². The number of hydrogen-bond acceptors (Lipinski definition) is 4. The highest BCUT2D eigenvalue weighted by atomic mass is 35.5. The second-order valence-electron chi connectivity index (χ2n) is 7.72. The lowest BCUT2D eigenvalue weighted by molar-refractivity contribution is 0.110. The van der Waals surface area contributed by atoms with Crippen LogP contribution in [0.5, 0.6) is 5.75 Å². The molecule has 0 spiro atoms. The number of aliphatic hydroxyl groups is 2. The van der Waals surface area contributed by atoms with Crippen LogP contribution in [0.3, 0.4) is 0 Å². The van der Waals surface area contributed by atoms with E-state index in [-0.39, 0.29) is 31.0 Å². The number of hydrogen-bond donors (Lipinski definition) is 2. The van der Waals surface area contributed by atoms with Gasteiger partial charge in [-0.3, -0.25) is 0 Å². The van der Waals surface area contributed by atoms with Crippen molar-refractivity contribution in [2.75, 3.05) is 31.2 Å². The highest BCUT2D eigenvalue weighted by Gasteiger charge is 2.20. The molecule has 0 radical (unpaired) electrons. The maximum atomic E-state index is 10.5. The van der Waals surface area contributed by atoms with Crippen molar-refractivity contribution in [3.63, 3.8) is 0 Å². The predicted octanol–water partition coefficient (Wildman–Crippen LogP) is 3.95. The van der Waals surface area contributed by atoms with E-state index in [1.54, 1.807) is 0 Å². The third-order valence-electron chi connectivity index (χ3n) is 4.30. The summed E-state index contributed by atoms with van der Waals surface area (Å²) in [7, 11) is 0. The molecule has 1 atom stereocenters. The van der Waals surface area contributed by atoms with Gasteiger partial charge in [-0.15, -0.1) is 12.4 Å². The second-order valence-corrected chi connectivity index (χ2v) is 7.72. The lowest BCUT2D eigenvalue weighted by Gasteiger charge is -2.28. The largest absolute Gasteiger partial charge is 0.491 e. The number of nitrogens with zero attached hydrogens (tertiary/aromatic N) is 1. The van der Waals surface area contributed by atoms with Crippen LogP contribution in [0.1, 0.15) is 31.9 Å². The Morgan fingerprint density at radius 1 is 1.07 bits per heavy atom. The lowest BCUT2D eigenvalue weighted by Crippen LogP contribution is -2.37. The molecule has 4 nitrogen and oxygen atoms in total. The van der Waals surface area contributed by atoms with Crippen molar-refractivity contribution in [3.8, 4) is 5.75 Å². The van der Waals surface area contributed by atoms with Crippen LogP contribution in [0.2, 0.25) is 0 Å². The molecule has 0 bridgehead atoms. The molecule has 0 fully saturated rings. The van der Waals surface area contributed by atoms with Gasteiger partial charge in [0.2, 0.25) is 0 Å². The van der Waals surface area contributed by atoms with Crippen molar-refractivity contribution in [3.05, 3.63) is 59.7 Å². The fourth-order valence-corrected chi connectivity index (χ4v) is 2.93. The number of benzene rings is 2. The van der Waals surface area contributed by atoms with Crippen LogP contribution >= 0.6 is 12.4 Å². The number of para-hydroxylation sites is 1. The van der Waals surface area contributed by atoms with Crippen LogP contribution in [0.25, 0.3) is 0 Å². The van der Waals surface area contributed by atoms with Crippen molar-refractivity contribution in [1.29, 1.82) is 0 Å². The molecule has 2 aromatic carbocycles. The predicted molar refractivity (Wildman–Crippen MR) is 114 cm³/mol. The molecule has 5 heteroatoms. The first-order valence-electron chi connectivity index (χ1n) is 9.14. The fourth-order valence-electron chi connectivity index (χ4n) is 2.93. The summed E-state index contributed by atoms with van der Waals surface area (Å²) in [5.74, 6) is 0.815. The summed E-state index contributed by atoms with van der Waals surface area (Å²) in [6.45, 7) is 9.66. The number of rotatable bonds is 8. The monoisotopic (exact) mass is 393 g/mol. The zero-order valence-corrected chi connectivity index (χ0v) is 17.5. The summed E-state index contributed by atoms with van der Waals surface area (Å²) >= 11 is 0. The van der Waals surface area contributed by atoms with Gasteiger partial charge in [-0.25, -0.2) is 0 Å². The van der Waals surface area contributed by atoms with E-state index in [0.29, 0.717) is 13.1 Å². The highest BCUT2D eigenvalue weighted by molar-refractivity contribution is 5.85. The average Bonchev–Trinajstić information content (AvgIpc) is 2.60. The van der Waals surface area contributed by atoms with Gasteiger partial charge in [0.15, 0.2) is 0 Å². The maximum Gasteiger partial charge on any atom is 0.123 e. The highest BCUT2D eigenvalue weighted by Crippen LogP contribution is 2.32. The Labute approximate surface area is 169 Å². The van der Waals surface area contributed by atoms with Crippen LogP contribution < -0.4 is 9.64 Å². The smallest absolute Gasteiger partial charge is 0.123 e. The molecule has 2 rings (SSSR count). The van der Waals surface area contributed by atoms with E-state index >= 15 is 0 Å². The molecular weight excluding hydrogens is 362 g/mol. The summed E-state index contributed by atoms with van der Waals surface area (Å²) in [6, 6.07) is 15.9. The normalized spacial score (nSPS) is 12.2. The van der Waals surface area contributed by atoms with Gasteiger partial charge in [0.1, 0.15) is 18.5 Å². The number of anilines is 1. The Hall–Kier alpha value is -1.75. The zero-order valence-electron chi connectivity index (χ0n) is 16.7. The quantitative estimate of drug-likeness (QED) is 0.712. The molecule has 0 aromatic heterocycles. The molecule has 0 aliphatic rings. The van der Waals surface area contributed by atoms with E-state index in [1.807, 2.05) is 47.4 Å². The second kappa shape index (κ2) is 10.5. The molecule has 27 heavy (non-hydrogen) atoms. The molecule has 2 aromatic rings. The standard InChI is InChI=1S/C22H31NO3.ClH/c1-17-10-11-21(20(14-17)22(2,3)4)26-16-19(25)15-23(12-13-24)18-8-6-5-7-9-18;/h5-11,14,19,24-25H,12-13,15-16H2,1-4H3;1H. The van der Waals surface area contributed by atoms with E-state index < -0.39 is 6.10 Å². The summed E-state index contributed by atoms with van der Waals surface area (Å²) in [5, 5.41) is 19.8. The first-order valence-corrected chi connectivity index (χ1v) is 9.14. The van der Waals surface area contributed by atoms with Crippen LogP contribution in [-0.2, 0) is 5.41 Å². The lowest BCUT2D eigenvalue weighted by atomic mass is 9.85. The molecule has 150 valence electrons. The van der Waals surface area contributed by atoms with Gasteiger partial charge in [0.25, 0.3) is 0 Å². The summed E-state index contributed by atoms with van der Waals surface area (Å²) in [5.41, 5.74) is 3.28. The Balaban J connectivity index is 0.00000364. The number of aryl methyl sites for hydroxylation is 1. The molecule has 0 amide bonds. The van der Waals surface area contributed by atoms with Crippen LogP contribution in [0.15, 0.2) is 48.5 Å². The van der Waals surface area contributed by atoms with Gasteiger partial charge in [0, 0.05) is 18.8 Å². The summed E-state index contributed by atoms with van der Waals surface area (Å²) < 4.78 is 5.96. The Morgan fingerprint density at radius 3 is 2.33 bits per heavy atom. The fraction of sp³-hybridized carbons (Fsp3) is 0.455. The van der Waals surface area contributed by atoms with Crippen molar-refractivity contribution in [2.45, 2.75) is 39.2 Å². The van der Waals surface area contributed by atoms with Gasteiger partial charge < -0.3 is 19.8 Å². The summed E-state index contributed by atoms with van der Waals surface area (Å²) in [4.78, 5) is 1.97. The van der Waals surface area contributed by atoms with E-state index in [4.69, 9.17) is 4.74 Å². The van der Waals surface area contributed by atoms with Gasteiger partial charge in [-0.05, 0) is 36.1 Å². The SMILES string of the molecule is Cc1ccc(OCC(O)CN(CCO)c2ccccc2)c(C(C)(C)C)c1.Cl. The minimum absolute atomic E-state index is 0. The molecular formula is C22H32ClNO3. The van der Waals surface area contributed by atoms with Gasteiger partial charge in [0.05, 0.1) is 6.61 Å². The topological polar surface area (TPSA) is 52.9 Å². The van der Waals surface area contributed by atoms with Crippen LogP contribution in [-0.4, -0.2) is 42.6 Å². The molecule has 0 heterocycles. The molecule has 0 saturated carbocycles. The minimum Gasteiger partial charge on any atom is -0.491 e. The molecule has 0 aliphatic carbocycles. The Morgan fingerprint density at radius 2 is 1.74 bits per heavy atom. The first-order chi connectivity index (χ1) is 12.3. The first kappa shape index (κ1) is 23.3. The number of ether oxygens (including phenoxy) is 1. The molecule has 0 aliphatic heterocycles. The Bertz CT molecular complexity index is 686. The van der Waals surface area contributed by atoms with Crippen molar-refractivity contribution < 1.29 is 14.9 Å². The number of aliphatic hydroxyl groups excluding tert-OH is 2. The Kier molecular flexibility index (Phi) is 9.10. The zero-order chi connectivity index (χ0) is 19.2. The molecule has 1 unspecified atom stereocenters. The van der Waals surface area contributed by atoms with Crippen LogP contribution in [0.4, 0.5) is 5.69 Å². The van der Waals surface area contributed by atoms with E-state index in [1.165, 1.54) is 5.56 Å². The minimum atomic E-state index is -0.657. The number of halogens is 1. The van der Waals surface area contributed by atoms with Crippen molar-refractivity contribution in [2.24, 2.45) is 0 Å². The van der Waals surface area contributed by atoms with E-state index in [2.05, 4.69) is 33.8 Å². The van der Waals surface area contributed by atoms with Gasteiger partial charge >= 0.3 is 0 Å². The maximum absolute atomic E-state index is 10.5. The van der Waals surface area contributed by atoms with E-state index in [0.717, 1.165) is 17.0 Å². The average molecular weight is 394 g/mol. The summed E-state index contributed by atoms with van der Waals surface area (Å²) in [6.07, 6.45) is -0.657. The van der Waals surface area contributed by atoms with Gasteiger partial charge in [-0.2, -0.15) is 0 Å². The third kappa shape index (κ3) is 7.06. The molecule has 0 saturated heterocycles. The van der Waals surface area contributed by atoms with Crippen molar-refractivity contribution in [1.82, 2.24) is 0 Å². The van der Waals surface area contributed by atoms with Crippen molar-refractivity contribution >= 4 is 18.1 Å². The van der Waals surface area contributed by atoms with Crippen LogP contribution in [0, 0.1) is 6.92 Å². The van der Waals surface area contributed by atoms with E-state index in [9.17, 15) is 10.2 Å².